The summed E-state index contributed by atoms with van der Waals surface area (Å²) in [6.45, 7) is 3.78. The molecule has 3 atom stereocenters. The van der Waals surface area contributed by atoms with Gasteiger partial charge in [0.15, 0.2) is 0 Å². The quantitative estimate of drug-likeness (QED) is 0.791. The van der Waals surface area contributed by atoms with E-state index in [9.17, 15) is 14.7 Å². The van der Waals surface area contributed by atoms with E-state index >= 15 is 0 Å². The third-order valence-corrected chi connectivity index (χ3v) is 4.92. The third kappa shape index (κ3) is 4.95. The van der Waals surface area contributed by atoms with E-state index in [2.05, 4.69) is 5.32 Å². The topological polar surface area (TPSA) is 84.9 Å². The minimum atomic E-state index is -0.854. The summed E-state index contributed by atoms with van der Waals surface area (Å²) in [5.74, 6) is -0.959. The highest BCUT2D eigenvalue weighted by atomic mass is 16.5. The number of carbonyl (C=O) groups is 2. The van der Waals surface area contributed by atoms with Crippen LogP contribution in [0.1, 0.15) is 45.1 Å². The van der Waals surface area contributed by atoms with Gasteiger partial charge < -0.3 is 19.9 Å². The van der Waals surface area contributed by atoms with E-state index in [1.165, 1.54) is 0 Å². The number of carboxylic acid groups (broad SMARTS) is 1. The Morgan fingerprint density at radius 1 is 1.40 bits per heavy atom. The van der Waals surface area contributed by atoms with Gasteiger partial charge in [0.2, 0.25) is 5.91 Å². The fourth-order valence-electron chi connectivity index (χ4n) is 3.32. The predicted molar refractivity (Wildman–Crippen MR) is 93.4 cm³/mol. The summed E-state index contributed by atoms with van der Waals surface area (Å²) in [7, 11) is 1.60. The molecular formula is C19H27NO5. The molecule has 0 radical (unpaired) electrons. The molecule has 0 bridgehead atoms. The van der Waals surface area contributed by atoms with Crippen LogP contribution in [-0.2, 0) is 20.9 Å². The Kier molecular flexibility index (Phi) is 6.42. The minimum Gasteiger partial charge on any atom is -0.497 e. The van der Waals surface area contributed by atoms with Gasteiger partial charge in [0.1, 0.15) is 11.9 Å². The zero-order valence-corrected chi connectivity index (χ0v) is 15.1. The minimum absolute atomic E-state index is 0.279. The molecule has 6 heteroatoms. The number of rotatable bonds is 7. The van der Waals surface area contributed by atoms with Crippen LogP contribution in [0, 0.1) is 5.92 Å². The van der Waals surface area contributed by atoms with E-state index in [1.54, 1.807) is 14.0 Å². The summed E-state index contributed by atoms with van der Waals surface area (Å²) >= 11 is 0. The third-order valence-electron chi connectivity index (χ3n) is 4.92. The Morgan fingerprint density at radius 2 is 2.16 bits per heavy atom. The first kappa shape index (κ1) is 19.2. The molecule has 0 spiro atoms. The van der Waals surface area contributed by atoms with Gasteiger partial charge in [0.25, 0.3) is 0 Å². The molecule has 1 aromatic carbocycles. The number of ether oxygens (including phenoxy) is 2. The fourth-order valence-corrected chi connectivity index (χ4v) is 3.32. The van der Waals surface area contributed by atoms with Crippen molar-refractivity contribution in [1.29, 1.82) is 0 Å². The maximum absolute atomic E-state index is 12.5. The first-order valence-electron chi connectivity index (χ1n) is 8.65. The van der Waals surface area contributed by atoms with Crippen LogP contribution in [0.25, 0.3) is 0 Å². The summed E-state index contributed by atoms with van der Waals surface area (Å²) in [6.07, 6.45) is 2.38. The first-order valence-corrected chi connectivity index (χ1v) is 8.65. The van der Waals surface area contributed by atoms with Crippen LogP contribution in [0.5, 0.6) is 5.75 Å². The molecule has 0 aromatic heterocycles. The van der Waals surface area contributed by atoms with Crippen LogP contribution in [0.2, 0.25) is 0 Å². The van der Waals surface area contributed by atoms with Crippen LogP contribution in [0.15, 0.2) is 24.3 Å². The highest BCUT2D eigenvalue weighted by molar-refractivity contribution is 5.82. The number of amides is 1. The number of carboxylic acids is 1. The average molecular weight is 349 g/mol. The van der Waals surface area contributed by atoms with Gasteiger partial charge in [0, 0.05) is 0 Å². The zero-order valence-electron chi connectivity index (χ0n) is 15.1. The van der Waals surface area contributed by atoms with Crippen LogP contribution in [0.4, 0.5) is 0 Å². The molecule has 1 amide bonds. The SMILES string of the molecule is COc1cccc(COC(C)C(=O)NC2(C)CCCCC2C(=O)O)c1. The lowest BCUT2D eigenvalue weighted by Crippen LogP contribution is -2.57. The van der Waals surface area contributed by atoms with Crippen molar-refractivity contribution >= 4 is 11.9 Å². The summed E-state index contributed by atoms with van der Waals surface area (Å²) in [5.41, 5.74) is 0.181. The van der Waals surface area contributed by atoms with E-state index in [4.69, 9.17) is 9.47 Å². The zero-order chi connectivity index (χ0) is 18.4. The molecule has 1 fully saturated rings. The van der Waals surface area contributed by atoms with Gasteiger partial charge in [0.05, 0.1) is 25.2 Å². The van der Waals surface area contributed by atoms with Crippen molar-refractivity contribution in [1.82, 2.24) is 5.32 Å². The Morgan fingerprint density at radius 3 is 2.84 bits per heavy atom. The molecule has 1 aromatic rings. The van der Waals surface area contributed by atoms with Crippen LogP contribution in [0.3, 0.4) is 0 Å². The molecule has 1 aliphatic carbocycles. The van der Waals surface area contributed by atoms with Crippen molar-refractivity contribution in [2.45, 2.75) is 57.8 Å². The van der Waals surface area contributed by atoms with Gasteiger partial charge in [-0.1, -0.05) is 25.0 Å². The van der Waals surface area contributed by atoms with E-state index in [1.807, 2.05) is 31.2 Å². The number of benzene rings is 1. The molecule has 0 heterocycles. The van der Waals surface area contributed by atoms with Crippen LogP contribution in [-0.4, -0.2) is 35.7 Å². The highest BCUT2D eigenvalue weighted by Gasteiger charge is 2.42. The largest absolute Gasteiger partial charge is 0.497 e. The monoisotopic (exact) mass is 349 g/mol. The Bertz CT molecular complexity index is 618. The van der Waals surface area contributed by atoms with Gasteiger partial charge in [-0.3, -0.25) is 9.59 Å². The number of methoxy groups -OCH3 is 1. The summed E-state index contributed by atoms with van der Waals surface area (Å²) in [4.78, 5) is 24.0. The van der Waals surface area contributed by atoms with Gasteiger partial charge in [-0.2, -0.15) is 0 Å². The first-order chi connectivity index (χ1) is 11.9. The van der Waals surface area contributed by atoms with Crippen molar-refractivity contribution < 1.29 is 24.2 Å². The summed E-state index contributed by atoms with van der Waals surface area (Å²) in [5, 5.41) is 12.3. The van der Waals surface area contributed by atoms with E-state index in [0.717, 1.165) is 24.2 Å². The molecule has 3 unspecified atom stereocenters. The van der Waals surface area contributed by atoms with E-state index < -0.39 is 23.5 Å². The predicted octanol–water partition coefficient (Wildman–Crippen LogP) is 2.75. The van der Waals surface area contributed by atoms with Gasteiger partial charge in [-0.05, 0) is 44.4 Å². The normalized spacial score (nSPS) is 24.4. The lowest BCUT2D eigenvalue weighted by atomic mass is 9.74. The smallest absolute Gasteiger partial charge is 0.308 e. The standard InChI is InChI=1S/C19H27NO5/c1-13(25-12-14-7-6-8-15(11-14)24-3)17(21)20-19(2)10-5-4-9-16(19)18(22)23/h6-8,11,13,16H,4-5,9-10,12H2,1-3H3,(H,20,21)(H,22,23). The lowest BCUT2D eigenvalue weighted by molar-refractivity contribution is -0.148. The van der Waals surface area contributed by atoms with Gasteiger partial charge >= 0.3 is 5.97 Å². The van der Waals surface area contributed by atoms with Crippen molar-refractivity contribution in [2.24, 2.45) is 5.92 Å². The second kappa shape index (κ2) is 8.34. The molecule has 2 N–H and O–H groups in total. The number of hydrogen-bond acceptors (Lipinski definition) is 4. The molecule has 1 aliphatic rings. The number of carbonyl (C=O) groups excluding carboxylic acids is 1. The Hall–Kier alpha value is -2.08. The average Bonchev–Trinajstić information content (AvgIpc) is 2.59. The fraction of sp³-hybridized carbons (Fsp3) is 0.579. The number of aliphatic carboxylic acids is 1. The molecule has 2 rings (SSSR count). The van der Waals surface area contributed by atoms with Crippen molar-refractivity contribution in [3.05, 3.63) is 29.8 Å². The number of nitrogens with one attached hydrogen (secondary N) is 1. The molecule has 0 aliphatic heterocycles. The van der Waals surface area contributed by atoms with Crippen LogP contribution < -0.4 is 10.1 Å². The second-order valence-electron chi connectivity index (χ2n) is 6.85. The maximum atomic E-state index is 12.5. The molecule has 1 saturated carbocycles. The van der Waals surface area contributed by atoms with E-state index in [0.29, 0.717) is 12.8 Å². The van der Waals surface area contributed by atoms with E-state index in [-0.39, 0.29) is 12.5 Å². The van der Waals surface area contributed by atoms with Gasteiger partial charge in [-0.25, -0.2) is 0 Å². The second-order valence-corrected chi connectivity index (χ2v) is 6.85. The number of hydrogen-bond donors (Lipinski definition) is 2. The van der Waals surface area contributed by atoms with Crippen molar-refractivity contribution in [3.8, 4) is 5.75 Å². The van der Waals surface area contributed by atoms with Crippen molar-refractivity contribution in [3.63, 3.8) is 0 Å². The lowest BCUT2D eigenvalue weighted by Gasteiger charge is -2.40. The summed E-state index contributed by atoms with van der Waals surface area (Å²) < 4.78 is 10.8. The van der Waals surface area contributed by atoms with Gasteiger partial charge in [-0.15, -0.1) is 0 Å². The maximum Gasteiger partial charge on any atom is 0.308 e. The highest BCUT2D eigenvalue weighted by Crippen LogP contribution is 2.34. The Labute approximate surface area is 148 Å². The molecule has 138 valence electrons. The summed E-state index contributed by atoms with van der Waals surface area (Å²) in [6, 6.07) is 7.46. The molecule has 25 heavy (non-hydrogen) atoms. The molecule has 6 nitrogen and oxygen atoms in total. The molecule has 0 saturated heterocycles. The Balaban J connectivity index is 1.93. The van der Waals surface area contributed by atoms with Crippen LogP contribution >= 0.6 is 0 Å². The van der Waals surface area contributed by atoms with Crippen molar-refractivity contribution in [2.75, 3.05) is 7.11 Å². The molecular weight excluding hydrogens is 322 g/mol.